The van der Waals surface area contributed by atoms with Crippen molar-refractivity contribution in [3.8, 4) is 0 Å². The smallest absolute Gasteiger partial charge is 0.243 e. The van der Waals surface area contributed by atoms with E-state index in [9.17, 15) is 13.2 Å². The number of sulfonamides is 1. The van der Waals surface area contributed by atoms with Crippen LogP contribution in [0.2, 0.25) is 0 Å². The summed E-state index contributed by atoms with van der Waals surface area (Å²) >= 11 is 0. The summed E-state index contributed by atoms with van der Waals surface area (Å²) in [6.07, 6.45) is 1.65. The molecule has 0 radical (unpaired) electrons. The van der Waals surface area contributed by atoms with Crippen LogP contribution in [0.5, 0.6) is 0 Å². The van der Waals surface area contributed by atoms with Crippen LogP contribution in [-0.4, -0.2) is 25.1 Å². The number of hydrogen-bond acceptors (Lipinski definition) is 3. The lowest BCUT2D eigenvalue weighted by Gasteiger charge is -2.24. The van der Waals surface area contributed by atoms with E-state index < -0.39 is 10.0 Å². The number of Topliss-reactive ketones (excluding diaryl/α,β-unsaturated/α-hetero) is 1. The Kier molecular flexibility index (Phi) is 4.33. The van der Waals surface area contributed by atoms with E-state index in [2.05, 4.69) is 0 Å². The van der Waals surface area contributed by atoms with Crippen LogP contribution in [0.3, 0.4) is 0 Å². The van der Waals surface area contributed by atoms with Crippen LogP contribution >= 0.6 is 0 Å². The predicted molar refractivity (Wildman–Crippen MR) is 88.8 cm³/mol. The Morgan fingerprint density at radius 2 is 1.83 bits per heavy atom. The number of ketones is 1. The van der Waals surface area contributed by atoms with Gasteiger partial charge in [-0.05, 0) is 37.5 Å². The maximum Gasteiger partial charge on any atom is 0.243 e. The highest BCUT2D eigenvalue weighted by Gasteiger charge is 2.36. The van der Waals surface area contributed by atoms with Gasteiger partial charge >= 0.3 is 0 Å². The number of nitrogens with zero attached hydrogens (tertiary/aromatic N) is 1. The quantitative estimate of drug-likeness (QED) is 0.808. The molecule has 1 atom stereocenters. The molecule has 5 heteroatoms. The maximum atomic E-state index is 13.0. The van der Waals surface area contributed by atoms with E-state index in [0.717, 1.165) is 18.4 Å². The minimum atomic E-state index is -3.61. The molecule has 0 aromatic heterocycles. The summed E-state index contributed by atoms with van der Waals surface area (Å²) in [5, 5.41) is 0. The van der Waals surface area contributed by atoms with Gasteiger partial charge in [-0.25, -0.2) is 8.42 Å². The van der Waals surface area contributed by atoms with E-state index in [4.69, 9.17) is 0 Å². The standard InChI is InChI=1S/C18H19NO3S/c1-14(20)16-9-5-10-17(13-16)23(21,22)19-12-6-11-18(19)15-7-3-2-4-8-15/h2-5,7-10,13,18H,6,11-12H2,1H3/t18-/m1/s1. The molecular weight excluding hydrogens is 310 g/mol. The molecule has 0 aliphatic carbocycles. The summed E-state index contributed by atoms with van der Waals surface area (Å²) in [5.41, 5.74) is 1.43. The van der Waals surface area contributed by atoms with E-state index in [0.29, 0.717) is 12.1 Å². The molecule has 4 nitrogen and oxygen atoms in total. The fraction of sp³-hybridized carbons (Fsp3) is 0.278. The highest BCUT2D eigenvalue weighted by atomic mass is 32.2. The van der Waals surface area contributed by atoms with E-state index in [1.165, 1.54) is 13.0 Å². The van der Waals surface area contributed by atoms with Gasteiger partial charge in [0, 0.05) is 12.1 Å². The molecule has 2 aromatic rings. The second kappa shape index (κ2) is 6.26. The molecule has 2 aromatic carbocycles. The van der Waals surface area contributed by atoms with Gasteiger partial charge in [0.15, 0.2) is 5.78 Å². The van der Waals surface area contributed by atoms with E-state index in [1.807, 2.05) is 30.3 Å². The lowest BCUT2D eigenvalue weighted by atomic mass is 10.1. The van der Waals surface area contributed by atoms with Gasteiger partial charge in [-0.15, -0.1) is 0 Å². The van der Waals surface area contributed by atoms with Crippen molar-refractivity contribution in [3.05, 3.63) is 65.7 Å². The van der Waals surface area contributed by atoms with Gasteiger partial charge in [-0.2, -0.15) is 4.31 Å². The molecule has 23 heavy (non-hydrogen) atoms. The average molecular weight is 329 g/mol. The Labute approximate surface area is 136 Å². The molecule has 1 aliphatic heterocycles. The van der Waals surface area contributed by atoms with E-state index in [1.54, 1.807) is 22.5 Å². The monoisotopic (exact) mass is 329 g/mol. The first-order valence-electron chi connectivity index (χ1n) is 7.68. The number of rotatable bonds is 4. The zero-order chi connectivity index (χ0) is 16.4. The van der Waals surface area contributed by atoms with Crippen LogP contribution in [0.1, 0.15) is 41.7 Å². The average Bonchev–Trinajstić information content (AvgIpc) is 3.06. The third kappa shape index (κ3) is 3.07. The molecule has 1 aliphatic rings. The maximum absolute atomic E-state index is 13.0. The number of hydrogen-bond donors (Lipinski definition) is 0. The molecule has 1 fully saturated rings. The topological polar surface area (TPSA) is 54.5 Å². The highest BCUT2D eigenvalue weighted by molar-refractivity contribution is 7.89. The Hall–Kier alpha value is -1.98. The minimum Gasteiger partial charge on any atom is -0.295 e. The SMILES string of the molecule is CC(=O)c1cccc(S(=O)(=O)N2CCC[C@@H]2c2ccccc2)c1. The van der Waals surface area contributed by atoms with Crippen molar-refractivity contribution in [1.82, 2.24) is 4.31 Å². The van der Waals surface area contributed by atoms with Gasteiger partial charge < -0.3 is 0 Å². The largest absolute Gasteiger partial charge is 0.295 e. The van der Waals surface area contributed by atoms with Gasteiger partial charge in [0.05, 0.1) is 10.9 Å². The van der Waals surface area contributed by atoms with Crippen LogP contribution < -0.4 is 0 Å². The molecule has 0 unspecified atom stereocenters. The van der Waals surface area contributed by atoms with E-state index in [-0.39, 0.29) is 16.7 Å². The molecule has 0 N–H and O–H groups in total. The summed E-state index contributed by atoms with van der Waals surface area (Å²) in [4.78, 5) is 11.7. The summed E-state index contributed by atoms with van der Waals surface area (Å²) in [5.74, 6) is -0.136. The zero-order valence-electron chi connectivity index (χ0n) is 13.0. The summed E-state index contributed by atoms with van der Waals surface area (Å²) in [7, 11) is -3.61. The lowest BCUT2D eigenvalue weighted by molar-refractivity contribution is 0.101. The predicted octanol–water partition coefficient (Wildman–Crippen LogP) is 3.42. The van der Waals surface area contributed by atoms with Crippen molar-refractivity contribution in [2.45, 2.75) is 30.7 Å². The van der Waals surface area contributed by atoms with Crippen LogP contribution in [0, 0.1) is 0 Å². The molecule has 1 saturated heterocycles. The van der Waals surface area contributed by atoms with Gasteiger partial charge in [0.25, 0.3) is 0 Å². The first-order chi connectivity index (χ1) is 11.0. The molecule has 120 valence electrons. The van der Waals surface area contributed by atoms with Gasteiger partial charge in [-0.1, -0.05) is 42.5 Å². The van der Waals surface area contributed by atoms with Crippen LogP contribution in [0.25, 0.3) is 0 Å². The lowest BCUT2D eigenvalue weighted by Crippen LogP contribution is -2.30. The van der Waals surface area contributed by atoms with Crippen molar-refractivity contribution in [1.29, 1.82) is 0 Å². The first kappa shape index (κ1) is 15.9. The number of benzene rings is 2. The first-order valence-corrected chi connectivity index (χ1v) is 9.12. The number of carbonyl (C=O) groups is 1. The van der Waals surface area contributed by atoms with Crippen molar-refractivity contribution >= 4 is 15.8 Å². The molecular formula is C18H19NO3S. The minimum absolute atomic E-state index is 0.136. The van der Waals surface area contributed by atoms with Crippen LogP contribution in [0.15, 0.2) is 59.5 Å². The Morgan fingerprint density at radius 1 is 1.09 bits per heavy atom. The Balaban J connectivity index is 1.99. The van der Waals surface area contributed by atoms with Gasteiger partial charge in [-0.3, -0.25) is 4.79 Å². The van der Waals surface area contributed by atoms with Crippen LogP contribution in [0.4, 0.5) is 0 Å². The number of carbonyl (C=O) groups excluding carboxylic acids is 1. The fourth-order valence-corrected chi connectivity index (χ4v) is 4.78. The molecule has 0 spiro atoms. The van der Waals surface area contributed by atoms with Gasteiger partial charge in [0.1, 0.15) is 0 Å². The van der Waals surface area contributed by atoms with E-state index >= 15 is 0 Å². The second-order valence-electron chi connectivity index (χ2n) is 5.77. The highest BCUT2D eigenvalue weighted by Crippen LogP contribution is 2.36. The Morgan fingerprint density at radius 3 is 2.52 bits per heavy atom. The molecule has 1 heterocycles. The molecule has 0 saturated carbocycles. The van der Waals surface area contributed by atoms with Crippen molar-refractivity contribution < 1.29 is 13.2 Å². The third-order valence-corrected chi connectivity index (χ3v) is 6.14. The van der Waals surface area contributed by atoms with Crippen molar-refractivity contribution in [3.63, 3.8) is 0 Å². The molecule has 3 rings (SSSR count). The normalized spacial score (nSPS) is 18.9. The zero-order valence-corrected chi connectivity index (χ0v) is 13.8. The fourth-order valence-electron chi connectivity index (χ4n) is 3.05. The summed E-state index contributed by atoms with van der Waals surface area (Å²) in [6.45, 7) is 1.94. The van der Waals surface area contributed by atoms with Crippen molar-refractivity contribution in [2.24, 2.45) is 0 Å². The molecule has 0 amide bonds. The van der Waals surface area contributed by atoms with Crippen molar-refractivity contribution in [2.75, 3.05) is 6.54 Å². The molecule has 0 bridgehead atoms. The second-order valence-corrected chi connectivity index (χ2v) is 7.66. The van der Waals surface area contributed by atoms with Crippen LogP contribution in [-0.2, 0) is 10.0 Å². The summed E-state index contributed by atoms with van der Waals surface area (Å²) in [6, 6.07) is 15.9. The van der Waals surface area contributed by atoms with Gasteiger partial charge in [0.2, 0.25) is 10.0 Å². The Bertz CT molecular complexity index is 815. The summed E-state index contributed by atoms with van der Waals surface area (Å²) < 4.78 is 27.6. The third-order valence-electron chi connectivity index (χ3n) is 4.24.